The Morgan fingerprint density at radius 3 is 1.95 bits per heavy atom. The van der Waals surface area contributed by atoms with Gasteiger partial charge in [-0.3, -0.25) is 9.59 Å². The summed E-state index contributed by atoms with van der Waals surface area (Å²) >= 11 is 0. The van der Waals surface area contributed by atoms with Gasteiger partial charge in [-0.25, -0.2) is 0 Å². The van der Waals surface area contributed by atoms with Crippen molar-refractivity contribution >= 4 is 33.4 Å². The summed E-state index contributed by atoms with van der Waals surface area (Å²) in [5, 5.41) is 10.4. The van der Waals surface area contributed by atoms with Crippen LogP contribution in [0.15, 0.2) is 72.8 Å². The van der Waals surface area contributed by atoms with Gasteiger partial charge in [0.15, 0.2) is 0 Å². The number of ether oxygens (including phenoxy) is 2. The smallest absolute Gasteiger partial charge is 0.216 e. The topological polar surface area (TPSA) is 76.7 Å². The number of amides is 2. The van der Waals surface area contributed by atoms with Crippen molar-refractivity contribution in [3.8, 4) is 11.5 Å². The van der Waals surface area contributed by atoms with Gasteiger partial charge in [0, 0.05) is 32.3 Å². The van der Waals surface area contributed by atoms with Crippen LogP contribution in [0.3, 0.4) is 0 Å². The lowest BCUT2D eigenvalue weighted by Crippen LogP contribution is -2.22. The number of carbonyl (C=O) groups is 2. The summed E-state index contributed by atoms with van der Waals surface area (Å²) in [5.41, 5.74) is 2.40. The molecule has 210 valence electrons. The Balaban J connectivity index is 1.20. The highest BCUT2D eigenvalue weighted by molar-refractivity contribution is 5.91. The fraction of sp³-hybridized carbons (Fsp3) is 0.353. The Hall–Kier alpha value is -4.06. The lowest BCUT2D eigenvalue weighted by molar-refractivity contribution is -0.119. The fourth-order valence-corrected chi connectivity index (χ4v) is 5.01. The predicted molar refractivity (Wildman–Crippen MR) is 162 cm³/mol. The van der Waals surface area contributed by atoms with E-state index in [1.165, 1.54) is 21.9 Å². The Kier molecular flexibility index (Phi) is 10.8. The highest BCUT2D eigenvalue weighted by Gasteiger charge is 2.08. The van der Waals surface area contributed by atoms with Gasteiger partial charge in [0.1, 0.15) is 11.5 Å². The largest absolute Gasteiger partial charge is 0.494 e. The van der Waals surface area contributed by atoms with Crippen molar-refractivity contribution in [1.29, 1.82) is 0 Å². The SMILES string of the molecule is CC(=O)NCCc1cccc2ccc(OCCCCCCOc3cccc4cccc(CCNC(C)=O)c34)cc12. The molecule has 0 aliphatic rings. The molecule has 4 aromatic rings. The van der Waals surface area contributed by atoms with E-state index in [0.29, 0.717) is 26.3 Å². The molecule has 0 radical (unpaired) electrons. The minimum Gasteiger partial charge on any atom is -0.494 e. The van der Waals surface area contributed by atoms with E-state index in [9.17, 15) is 9.59 Å². The Bertz CT molecular complexity index is 1430. The number of hydrogen-bond donors (Lipinski definition) is 2. The molecule has 6 nitrogen and oxygen atoms in total. The molecular formula is C34H40N2O4. The molecule has 0 aliphatic carbocycles. The molecule has 0 aromatic heterocycles. The van der Waals surface area contributed by atoms with Gasteiger partial charge < -0.3 is 20.1 Å². The van der Waals surface area contributed by atoms with Gasteiger partial charge in [-0.1, -0.05) is 54.6 Å². The molecule has 0 heterocycles. The average molecular weight is 541 g/mol. The maximum Gasteiger partial charge on any atom is 0.216 e. The molecule has 2 N–H and O–H groups in total. The van der Waals surface area contributed by atoms with Gasteiger partial charge >= 0.3 is 0 Å². The van der Waals surface area contributed by atoms with Crippen molar-refractivity contribution in [3.63, 3.8) is 0 Å². The maximum atomic E-state index is 11.3. The van der Waals surface area contributed by atoms with E-state index in [1.54, 1.807) is 13.8 Å². The van der Waals surface area contributed by atoms with E-state index in [2.05, 4.69) is 65.2 Å². The molecule has 0 atom stereocenters. The second kappa shape index (κ2) is 14.9. The van der Waals surface area contributed by atoms with Crippen molar-refractivity contribution in [2.24, 2.45) is 0 Å². The third-order valence-corrected chi connectivity index (χ3v) is 7.00. The predicted octanol–water partition coefficient (Wildman–Crippen LogP) is 6.37. The van der Waals surface area contributed by atoms with E-state index < -0.39 is 0 Å². The first-order chi connectivity index (χ1) is 19.5. The highest BCUT2D eigenvalue weighted by atomic mass is 16.5. The van der Waals surface area contributed by atoms with Gasteiger partial charge in [0.25, 0.3) is 0 Å². The maximum absolute atomic E-state index is 11.3. The zero-order chi connectivity index (χ0) is 28.2. The van der Waals surface area contributed by atoms with Crippen LogP contribution < -0.4 is 20.1 Å². The molecule has 4 rings (SSSR count). The minimum atomic E-state index is -0.0104. The van der Waals surface area contributed by atoms with Crippen LogP contribution in [0, 0.1) is 0 Å². The monoisotopic (exact) mass is 540 g/mol. The zero-order valence-electron chi connectivity index (χ0n) is 23.6. The van der Waals surface area contributed by atoms with Crippen LogP contribution in [0.4, 0.5) is 0 Å². The van der Waals surface area contributed by atoms with Crippen LogP contribution in [-0.4, -0.2) is 38.1 Å². The van der Waals surface area contributed by atoms with Crippen LogP contribution in [-0.2, 0) is 22.4 Å². The lowest BCUT2D eigenvalue weighted by Gasteiger charge is -2.13. The summed E-state index contributed by atoms with van der Waals surface area (Å²) in [6, 6.07) is 25.0. The van der Waals surface area contributed by atoms with Gasteiger partial charge in [-0.2, -0.15) is 0 Å². The van der Waals surface area contributed by atoms with Crippen molar-refractivity contribution in [1.82, 2.24) is 10.6 Å². The Morgan fingerprint density at radius 1 is 0.650 bits per heavy atom. The molecule has 4 aromatic carbocycles. The summed E-state index contributed by atoms with van der Waals surface area (Å²) in [4.78, 5) is 22.5. The summed E-state index contributed by atoms with van der Waals surface area (Å²) in [5.74, 6) is 1.78. The number of carbonyl (C=O) groups excluding carboxylic acids is 2. The molecule has 0 fully saturated rings. The molecular weight excluding hydrogens is 500 g/mol. The van der Waals surface area contributed by atoms with Crippen LogP contribution in [0.5, 0.6) is 11.5 Å². The minimum absolute atomic E-state index is 0.00578. The van der Waals surface area contributed by atoms with Crippen molar-refractivity contribution in [2.45, 2.75) is 52.4 Å². The quantitative estimate of drug-likeness (QED) is 0.172. The molecule has 0 spiro atoms. The van der Waals surface area contributed by atoms with Crippen molar-refractivity contribution in [3.05, 3.63) is 83.9 Å². The number of rotatable bonds is 15. The first-order valence-electron chi connectivity index (χ1n) is 14.3. The summed E-state index contributed by atoms with van der Waals surface area (Å²) < 4.78 is 12.3. The molecule has 0 bridgehead atoms. The number of fused-ring (bicyclic) bond motifs is 2. The lowest BCUT2D eigenvalue weighted by atomic mass is 10.0. The van der Waals surface area contributed by atoms with Crippen molar-refractivity contribution in [2.75, 3.05) is 26.3 Å². The molecule has 0 aliphatic heterocycles. The van der Waals surface area contributed by atoms with E-state index in [-0.39, 0.29) is 11.8 Å². The standard InChI is InChI=1S/C34H40N2O4/c1-25(37)35-20-18-28-11-7-10-27-16-17-31(24-32(27)28)39-22-5-3-4-6-23-40-33-15-9-14-29-12-8-13-30(34(29)33)19-21-36-26(2)38/h7-17,24H,3-6,18-23H2,1-2H3,(H,35,37)(H,36,38). The van der Waals surface area contributed by atoms with Crippen LogP contribution in [0.25, 0.3) is 21.5 Å². The number of hydrogen-bond acceptors (Lipinski definition) is 4. The Morgan fingerprint density at radius 2 is 1.25 bits per heavy atom. The summed E-state index contributed by atoms with van der Waals surface area (Å²) in [6.07, 6.45) is 5.69. The number of unbranched alkanes of at least 4 members (excludes halogenated alkanes) is 3. The molecule has 0 saturated carbocycles. The molecule has 40 heavy (non-hydrogen) atoms. The van der Waals surface area contributed by atoms with E-state index >= 15 is 0 Å². The van der Waals surface area contributed by atoms with Crippen molar-refractivity contribution < 1.29 is 19.1 Å². The average Bonchev–Trinajstić information content (AvgIpc) is 2.94. The normalized spacial score (nSPS) is 10.9. The first kappa shape index (κ1) is 28.9. The zero-order valence-corrected chi connectivity index (χ0v) is 23.6. The Labute approximate surface area is 237 Å². The van der Waals surface area contributed by atoms with Crippen LogP contribution in [0.1, 0.15) is 50.7 Å². The summed E-state index contributed by atoms with van der Waals surface area (Å²) in [6.45, 7) is 5.68. The van der Waals surface area contributed by atoms with Crippen LogP contribution in [0.2, 0.25) is 0 Å². The van der Waals surface area contributed by atoms with E-state index in [0.717, 1.165) is 60.8 Å². The second-order valence-corrected chi connectivity index (χ2v) is 10.1. The molecule has 0 unspecified atom stereocenters. The number of nitrogens with one attached hydrogen (secondary N) is 2. The van der Waals surface area contributed by atoms with E-state index in [1.807, 2.05) is 18.2 Å². The van der Waals surface area contributed by atoms with Crippen LogP contribution >= 0.6 is 0 Å². The van der Waals surface area contributed by atoms with Gasteiger partial charge in [0.2, 0.25) is 11.8 Å². The third-order valence-electron chi connectivity index (χ3n) is 7.00. The fourth-order valence-electron chi connectivity index (χ4n) is 5.01. The van der Waals surface area contributed by atoms with E-state index in [4.69, 9.17) is 9.47 Å². The first-order valence-corrected chi connectivity index (χ1v) is 14.3. The molecule has 6 heteroatoms. The van der Waals surface area contributed by atoms with Gasteiger partial charge in [0.05, 0.1) is 13.2 Å². The molecule has 2 amide bonds. The number of benzene rings is 4. The summed E-state index contributed by atoms with van der Waals surface area (Å²) in [7, 11) is 0. The van der Waals surface area contributed by atoms with Gasteiger partial charge in [-0.15, -0.1) is 0 Å². The highest BCUT2D eigenvalue weighted by Crippen LogP contribution is 2.30. The second-order valence-electron chi connectivity index (χ2n) is 10.1. The third kappa shape index (κ3) is 8.47. The van der Waals surface area contributed by atoms with Gasteiger partial charge in [-0.05, 0) is 84.0 Å². The molecule has 0 saturated heterocycles.